The number of hydrogen-bond acceptors (Lipinski definition) is 4. The van der Waals surface area contributed by atoms with Crippen LogP contribution in [0.1, 0.15) is 31.1 Å². The SMILES string of the molecule is CCNS(=O)(=O)c1ccc(C(=O)NCCN(CC)CC)cc1. The van der Waals surface area contributed by atoms with Crippen molar-refractivity contribution in [2.75, 3.05) is 32.7 Å². The third-order valence-corrected chi connectivity index (χ3v) is 4.93. The average molecular weight is 327 g/mol. The van der Waals surface area contributed by atoms with E-state index in [4.69, 9.17) is 0 Å². The van der Waals surface area contributed by atoms with Gasteiger partial charge in [-0.15, -0.1) is 0 Å². The molecule has 0 saturated carbocycles. The minimum Gasteiger partial charge on any atom is -0.351 e. The van der Waals surface area contributed by atoms with Crippen molar-refractivity contribution in [3.8, 4) is 0 Å². The topological polar surface area (TPSA) is 78.5 Å². The number of carbonyl (C=O) groups excluding carboxylic acids is 1. The Morgan fingerprint density at radius 3 is 2.18 bits per heavy atom. The fourth-order valence-electron chi connectivity index (χ4n) is 2.03. The van der Waals surface area contributed by atoms with Crippen molar-refractivity contribution in [1.82, 2.24) is 14.9 Å². The van der Waals surface area contributed by atoms with E-state index >= 15 is 0 Å². The molecule has 0 atom stereocenters. The van der Waals surface area contributed by atoms with E-state index in [1.54, 1.807) is 6.92 Å². The van der Waals surface area contributed by atoms with Gasteiger partial charge in [0.05, 0.1) is 4.90 Å². The molecule has 0 spiro atoms. The number of likely N-dealkylation sites (N-methyl/N-ethyl adjacent to an activating group) is 1. The molecule has 0 heterocycles. The summed E-state index contributed by atoms with van der Waals surface area (Å²) in [5.41, 5.74) is 0.454. The molecule has 22 heavy (non-hydrogen) atoms. The fraction of sp³-hybridized carbons (Fsp3) is 0.533. The van der Waals surface area contributed by atoms with Crippen LogP contribution in [0.15, 0.2) is 29.2 Å². The first-order chi connectivity index (χ1) is 10.4. The predicted molar refractivity (Wildman–Crippen MR) is 87.4 cm³/mol. The summed E-state index contributed by atoms with van der Waals surface area (Å²) >= 11 is 0. The molecule has 1 amide bonds. The molecule has 1 aromatic carbocycles. The number of rotatable bonds is 9. The summed E-state index contributed by atoms with van der Waals surface area (Å²) < 4.78 is 26.0. The highest BCUT2D eigenvalue weighted by Crippen LogP contribution is 2.10. The van der Waals surface area contributed by atoms with Crippen LogP contribution in [-0.2, 0) is 10.0 Å². The Hall–Kier alpha value is -1.44. The Morgan fingerprint density at radius 1 is 1.09 bits per heavy atom. The van der Waals surface area contributed by atoms with Crippen LogP contribution in [0.5, 0.6) is 0 Å². The van der Waals surface area contributed by atoms with Gasteiger partial charge in [0.1, 0.15) is 0 Å². The number of sulfonamides is 1. The second-order valence-corrected chi connectivity index (χ2v) is 6.58. The Balaban J connectivity index is 2.61. The lowest BCUT2D eigenvalue weighted by atomic mass is 10.2. The lowest BCUT2D eigenvalue weighted by Gasteiger charge is -2.17. The summed E-state index contributed by atoms with van der Waals surface area (Å²) in [5, 5.41) is 2.84. The molecule has 0 bridgehead atoms. The minimum absolute atomic E-state index is 0.161. The van der Waals surface area contributed by atoms with Gasteiger partial charge in [0.15, 0.2) is 0 Å². The lowest BCUT2D eigenvalue weighted by molar-refractivity contribution is 0.0949. The molecule has 7 heteroatoms. The van der Waals surface area contributed by atoms with Crippen molar-refractivity contribution in [3.63, 3.8) is 0 Å². The molecular formula is C15H25N3O3S. The van der Waals surface area contributed by atoms with E-state index in [2.05, 4.69) is 28.8 Å². The van der Waals surface area contributed by atoms with Gasteiger partial charge in [0.25, 0.3) is 5.91 Å². The zero-order chi connectivity index (χ0) is 16.6. The minimum atomic E-state index is -3.48. The molecule has 0 aliphatic rings. The molecule has 2 N–H and O–H groups in total. The first kappa shape index (κ1) is 18.6. The maximum absolute atomic E-state index is 12.0. The molecule has 6 nitrogen and oxygen atoms in total. The predicted octanol–water partition coefficient (Wildman–Crippen LogP) is 1.06. The van der Waals surface area contributed by atoms with Gasteiger partial charge in [-0.05, 0) is 37.4 Å². The zero-order valence-electron chi connectivity index (χ0n) is 13.4. The van der Waals surface area contributed by atoms with E-state index in [1.807, 2.05) is 0 Å². The number of benzene rings is 1. The highest BCUT2D eigenvalue weighted by molar-refractivity contribution is 7.89. The third-order valence-electron chi connectivity index (χ3n) is 3.37. The van der Waals surface area contributed by atoms with Crippen LogP contribution in [0.25, 0.3) is 0 Å². The molecule has 0 fully saturated rings. The second kappa shape index (κ2) is 8.87. The van der Waals surface area contributed by atoms with E-state index in [9.17, 15) is 13.2 Å². The van der Waals surface area contributed by atoms with Crippen LogP contribution >= 0.6 is 0 Å². The van der Waals surface area contributed by atoms with Gasteiger partial charge < -0.3 is 10.2 Å². The van der Waals surface area contributed by atoms with E-state index in [0.29, 0.717) is 18.7 Å². The van der Waals surface area contributed by atoms with Crippen LogP contribution in [0, 0.1) is 0 Å². The Bertz CT molecular complexity index is 566. The number of carbonyl (C=O) groups is 1. The molecule has 124 valence electrons. The van der Waals surface area contributed by atoms with Crippen molar-refractivity contribution in [3.05, 3.63) is 29.8 Å². The highest BCUT2D eigenvalue weighted by Gasteiger charge is 2.13. The molecule has 0 unspecified atom stereocenters. The summed E-state index contributed by atoms with van der Waals surface area (Å²) in [7, 11) is -3.48. The molecule has 0 aromatic heterocycles. The lowest BCUT2D eigenvalue weighted by Crippen LogP contribution is -2.34. The van der Waals surface area contributed by atoms with E-state index < -0.39 is 10.0 Å². The first-order valence-electron chi connectivity index (χ1n) is 7.54. The monoisotopic (exact) mass is 327 g/mol. The van der Waals surface area contributed by atoms with Crippen LogP contribution < -0.4 is 10.0 Å². The summed E-state index contributed by atoms with van der Waals surface area (Å²) in [6.45, 7) is 9.46. The van der Waals surface area contributed by atoms with Gasteiger partial charge in [0, 0.05) is 25.2 Å². The van der Waals surface area contributed by atoms with Crippen molar-refractivity contribution >= 4 is 15.9 Å². The molecule has 1 rings (SSSR count). The summed E-state index contributed by atoms with van der Waals surface area (Å²) in [6, 6.07) is 5.93. The van der Waals surface area contributed by atoms with E-state index in [0.717, 1.165) is 19.6 Å². The summed E-state index contributed by atoms with van der Waals surface area (Å²) in [4.78, 5) is 14.4. The Morgan fingerprint density at radius 2 is 1.68 bits per heavy atom. The average Bonchev–Trinajstić information content (AvgIpc) is 2.51. The van der Waals surface area contributed by atoms with Crippen LogP contribution in [0.3, 0.4) is 0 Å². The third kappa shape index (κ3) is 5.40. The first-order valence-corrected chi connectivity index (χ1v) is 9.03. The van der Waals surface area contributed by atoms with Gasteiger partial charge in [-0.25, -0.2) is 13.1 Å². The molecule has 0 radical (unpaired) electrons. The normalized spacial score (nSPS) is 11.6. The largest absolute Gasteiger partial charge is 0.351 e. The quantitative estimate of drug-likeness (QED) is 0.711. The van der Waals surface area contributed by atoms with Gasteiger partial charge in [0.2, 0.25) is 10.0 Å². The molecular weight excluding hydrogens is 302 g/mol. The smallest absolute Gasteiger partial charge is 0.251 e. The highest BCUT2D eigenvalue weighted by atomic mass is 32.2. The molecule has 1 aromatic rings. The van der Waals surface area contributed by atoms with Crippen LogP contribution in [0.4, 0.5) is 0 Å². The fourth-order valence-corrected chi connectivity index (χ4v) is 3.07. The van der Waals surface area contributed by atoms with Gasteiger partial charge >= 0.3 is 0 Å². The van der Waals surface area contributed by atoms with Crippen molar-refractivity contribution in [1.29, 1.82) is 0 Å². The summed E-state index contributed by atoms with van der Waals surface area (Å²) in [5.74, 6) is -0.195. The number of nitrogens with zero attached hydrogens (tertiary/aromatic N) is 1. The Labute approximate surface area is 132 Å². The zero-order valence-corrected chi connectivity index (χ0v) is 14.2. The maximum Gasteiger partial charge on any atom is 0.251 e. The second-order valence-electron chi connectivity index (χ2n) is 4.81. The molecule has 0 aliphatic carbocycles. The van der Waals surface area contributed by atoms with Gasteiger partial charge in [-0.3, -0.25) is 4.79 Å². The maximum atomic E-state index is 12.0. The van der Waals surface area contributed by atoms with Crippen molar-refractivity contribution in [2.24, 2.45) is 0 Å². The van der Waals surface area contributed by atoms with Gasteiger partial charge in [-0.1, -0.05) is 20.8 Å². The van der Waals surface area contributed by atoms with Gasteiger partial charge in [-0.2, -0.15) is 0 Å². The Kier molecular flexibility index (Phi) is 7.50. The van der Waals surface area contributed by atoms with E-state index in [1.165, 1.54) is 24.3 Å². The van der Waals surface area contributed by atoms with E-state index in [-0.39, 0.29) is 10.8 Å². The number of amides is 1. The molecule has 0 aliphatic heterocycles. The van der Waals surface area contributed by atoms with Crippen LogP contribution in [0.2, 0.25) is 0 Å². The number of nitrogens with one attached hydrogen (secondary N) is 2. The molecule has 0 saturated heterocycles. The van der Waals surface area contributed by atoms with Crippen molar-refractivity contribution in [2.45, 2.75) is 25.7 Å². The standard InChI is InChI=1S/C15H25N3O3S/c1-4-17-22(20,21)14-9-7-13(8-10-14)15(19)16-11-12-18(5-2)6-3/h7-10,17H,4-6,11-12H2,1-3H3,(H,16,19). The number of hydrogen-bond donors (Lipinski definition) is 2. The van der Waals surface area contributed by atoms with Crippen molar-refractivity contribution < 1.29 is 13.2 Å². The summed E-state index contributed by atoms with van der Waals surface area (Å²) in [6.07, 6.45) is 0. The van der Waals surface area contributed by atoms with Crippen LogP contribution in [-0.4, -0.2) is 51.9 Å².